The molecule has 0 bridgehead atoms. The van der Waals surface area contributed by atoms with E-state index < -0.39 is 0 Å². The molecule has 5 fully saturated rings. The number of aliphatic hydroxyl groups excluding tert-OH is 3. The lowest BCUT2D eigenvalue weighted by Gasteiger charge is -2.24. The average molecular weight is 1310 g/mol. The molecule has 2 saturated heterocycles. The lowest BCUT2D eigenvalue weighted by atomic mass is 10.1. The fraction of sp³-hybridized carbons (Fsp3) is 0.524. The molecule has 8 atom stereocenters. The molecular formula is C63H84BrN15O5S3. The molecule has 0 spiro atoms. The number of aromatic nitrogens is 9. The molecule has 14 rings (SSSR count). The van der Waals surface area contributed by atoms with Crippen molar-refractivity contribution in [2.45, 2.75) is 198 Å². The number of halogens is 1. The van der Waals surface area contributed by atoms with Crippen molar-refractivity contribution in [3.05, 3.63) is 77.7 Å². The third-order valence-corrected chi connectivity index (χ3v) is 20.5. The van der Waals surface area contributed by atoms with E-state index in [9.17, 15) is 10.2 Å². The van der Waals surface area contributed by atoms with E-state index in [0.717, 1.165) is 193 Å². The summed E-state index contributed by atoms with van der Waals surface area (Å²) < 4.78 is 20.3. The molecule has 9 aromatic heterocycles. The van der Waals surface area contributed by atoms with Gasteiger partial charge in [-0.2, -0.15) is 15.3 Å². The fourth-order valence-electron chi connectivity index (χ4n) is 11.8. The highest BCUT2D eigenvalue weighted by molar-refractivity contribution is 9.10. The molecule has 0 amide bonds. The number of aromatic amines is 1. The lowest BCUT2D eigenvalue weighted by Crippen LogP contribution is -2.29. The van der Waals surface area contributed by atoms with Gasteiger partial charge in [-0.1, -0.05) is 0 Å². The van der Waals surface area contributed by atoms with Crippen molar-refractivity contribution in [2.24, 2.45) is 5.73 Å². The first-order valence-electron chi connectivity index (χ1n) is 30.7. The Morgan fingerprint density at radius 2 is 1.06 bits per heavy atom. The third kappa shape index (κ3) is 15.6. The molecule has 466 valence electrons. The summed E-state index contributed by atoms with van der Waals surface area (Å²) in [5, 5.41) is 59.4. The van der Waals surface area contributed by atoms with Gasteiger partial charge < -0.3 is 57.5 Å². The Morgan fingerprint density at radius 1 is 0.563 bits per heavy atom. The van der Waals surface area contributed by atoms with Crippen LogP contribution in [-0.4, -0.2) is 121 Å². The van der Waals surface area contributed by atoms with E-state index in [1.54, 1.807) is 40.2 Å². The zero-order valence-electron chi connectivity index (χ0n) is 50.6. The second-order valence-electron chi connectivity index (χ2n) is 25.5. The van der Waals surface area contributed by atoms with Crippen molar-refractivity contribution >= 4 is 109 Å². The minimum atomic E-state index is -0.304. The van der Waals surface area contributed by atoms with E-state index >= 15 is 0 Å². The van der Waals surface area contributed by atoms with Crippen molar-refractivity contribution in [3.63, 3.8) is 0 Å². The summed E-state index contributed by atoms with van der Waals surface area (Å²) in [6.07, 6.45) is 20.0. The van der Waals surface area contributed by atoms with Crippen LogP contribution in [-0.2, 0) is 9.47 Å². The second kappa shape index (κ2) is 27.5. The maximum atomic E-state index is 10.4. The van der Waals surface area contributed by atoms with Gasteiger partial charge in [-0.15, -0.1) is 34.0 Å². The number of H-pyrrole nitrogens is 1. The van der Waals surface area contributed by atoms with E-state index in [-0.39, 0.29) is 60.0 Å². The van der Waals surface area contributed by atoms with Crippen LogP contribution in [0.1, 0.15) is 150 Å². The highest BCUT2D eigenvalue weighted by atomic mass is 79.9. The molecular weight excluding hydrogens is 1220 g/mol. The molecule has 20 nitrogen and oxygen atoms in total. The van der Waals surface area contributed by atoms with Gasteiger partial charge in [0.25, 0.3) is 0 Å². The summed E-state index contributed by atoms with van der Waals surface area (Å²) in [7, 11) is 0. The average Bonchev–Trinajstić information content (AvgIpc) is 2.10. The Balaban J connectivity index is 0.000000130. The van der Waals surface area contributed by atoms with Crippen LogP contribution >= 0.6 is 49.9 Å². The molecule has 9 aromatic rings. The van der Waals surface area contributed by atoms with Crippen LogP contribution in [0.4, 0.5) is 28.8 Å². The van der Waals surface area contributed by atoms with Crippen LogP contribution in [0.15, 0.2) is 77.7 Å². The van der Waals surface area contributed by atoms with Gasteiger partial charge in [0.05, 0.1) is 104 Å². The number of thiophene rings is 3. The van der Waals surface area contributed by atoms with Gasteiger partial charge in [0.15, 0.2) is 12.5 Å². The number of nitrogens with two attached hydrogens (primary N) is 2. The summed E-state index contributed by atoms with van der Waals surface area (Å²) in [5.74, 6) is 2.20. The fourth-order valence-corrected chi connectivity index (χ4v) is 15.7. The SMILES string of the molecule is CC(C)(C)Nc1cc(Br)c2sc(-c3ccnn3C3CCCCO3)cc2n1.CC(C)(C)Nc1cc(N[C@@H]2CCC[C@@H]2O)c2sc(-c3ccnn3C3CCCCO3)cc2n1.N[C@@H]1CCC[C@@H]1O.Nc1cc(N[C@@H]2CCC[C@@H]2O)c2sc(-c3ccn[nH]3)cc2n1. The van der Waals surface area contributed by atoms with E-state index in [1.807, 2.05) is 40.0 Å². The molecule has 2 unspecified atom stereocenters. The number of nitrogens with one attached hydrogen (secondary N) is 5. The Morgan fingerprint density at radius 3 is 1.53 bits per heavy atom. The molecule has 3 saturated carbocycles. The number of nitrogens with zero attached hydrogens (tertiary/aromatic N) is 8. The number of rotatable bonds is 11. The van der Waals surface area contributed by atoms with Gasteiger partial charge in [-0.05, 0) is 196 Å². The number of fused-ring (bicyclic) bond motifs is 3. The number of anilines is 5. The normalized spacial score (nSPS) is 23.2. The molecule has 5 aliphatic rings. The van der Waals surface area contributed by atoms with E-state index in [1.165, 1.54) is 6.42 Å². The summed E-state index contributed by atoms with van der Waals surface area (Å²) in [6.45, 7) is 14.4. The highest BCUT2D eigenvalue weighted by Gasteiger charge is 2.30. The van der Waals surface area contributed by atoms with Gasteiger partial charge in [-0.25, -0.2) is 24.3 Å². The maximum Gasteiger partial charge on any atom is 0.150 e. The van der Waals surface area contributed by atoms with Gasteiger partial charge >= 0.3 is 0 Å². The van der Waals surface area contributed by atoms with Crippen molar-refractivity contribution in [1.82, 2.24) is 44.7 Å². The molecule has 87 heavy (non-hydrogen) atoms. The summed E-state index contributed by atoms with van der Waals surface area (Å²) in [5.41, 5.74) is 19.1. The first kappa shape index (κ1) is 62.8. The lowest BCUT2D eigenvalue weighted by molar-refractivity contribution is -0.0384. The van der Waals surface area contributed by atoms with E-state index in [4.69, 9.17) is 36.0 Å². The monoisotopic (exact) mass is 1310 g/mol. The quantitative estimate of drug-likeness (QED) is 0.0576. The largest absolute Gasteiger partial charge is 0.392 e. The first-order valence-corrected chi connectivity index (χ1v) is 34.0. The topological polar surface area (TPSA) is 282 Å². The molecule has 3 aliphatic carbocycles. The van der Waals surface area contributed by atoms with Crippen LogP contribution in [0.3, 0.4) is 0 Å². The van der Waals surface area contributed by atoms with E-state index in [0.29, 0.717) is 5.82 Å². The van der Waals surface area contributed by atoms with Crippen LogP contribution in [0, 0.1) is 0 Å². The van der Waals surface area contributed by atoms with Crippen LogP contribution in [0.5, 0.6) is 0 Å². The van der Waals surface area contributed by atoms with Crippen LogP contribution in [0.25, 0.3) is 62.4 Å². The zero-order chi connectivity index (χ0) is 61.0. The summed E-state index contributed by atoms with van der Waals surface area (Å²) >= 11 is 8.81. The minimum absolute atomic E-state index is 0.00345. The van der Waals surface area contributed by atoms with Crippen molar-refractivity contribution in [2.75, 3.05) is 40.2 Å². The Kier molecular flexibility index (Phi) is 19.9. The standard InChI is InChI=1S/C24H33N5O2S.C19H23BrN4OS.C15H17N5OS.C5H11NO/c1-24(2,3)28-21-14-17(26-15-7-6-8-19(15)30)23-16(27-21)13-20(32-23)18-10-11-25-29(18)22-9-4-5-12-31-22;1-19(2,3)23-16-10-12(20)18-13(22-16)11-15(26-18)14-7-8-21-24(14)17-6-4-5-9-25-17;16-14-7-11(18-8-2-1-3-12(8)21)15-10(19-14)6-13(22-15)9-4-5-17-20-9;6-4-2-1-3-5(4)7/h10-11,13-15,19,22,30H,4-9,12H2,1-3H3,(H2,26,27,28);7-8,10-11,17H,4-6,9H2,1-3H3,(H,22,23);4-8,12,21H,1-3H2,(H,17,20)(H3,16,18,19);4-5,7H,1-3,6H2/t15-,19+,22?;;8-,12+;4-,5+/m1.11/s1. The number of aliphatic hydroxyl groups is 3. The number of hydrogen-bond donors (Lipinski definition) is 10. The van der Waals surface area contributed by atoms with E-state index in [2.05, 4.69) is 141 Å². The zero-order valence-corrected chi connectivity index (χ0v) is 54.6. The van der Waals surface area contributed by atoms with Crippen LogP contribution in [0.2, 0.25) is 0 Å². The summed E-state index contributed by atoms with van der Waals surface area (Å²) in [4.78, 5) is 17.5. The predicted octanol–water partition coefficient (Wildman–Crippen LogP) is 13.7. The van der Waals surface area contributed by atoms with Gasteiger partial charge in [0.1, 0.15) is 17.5 Å². The number of nitrogen functional groups attached to an aromatic ring is 1. The number of pyridine rings is 3. The Hall–Kier alpha value is -5.80. The molecule has 11 heterocycles. The molecule has 12 N–H and O–H groups in total. The van der Waals surface area contributed by atoms with Crippen molar-refractivity contribution in [3.8, 4) is 31.7 Å². The minimum Gasteiger partial charge on any atom is -0.392 e. The van der Waals surface area contributed by atoms with Crippen molar-refractivity contribution < 1.29 is 24.8 Å². The molecule has 0 aromatic carbocycles. The smallest absolute Gasteiger partial charge is 0.150 e. The van der Waals surface area contributed by atoms with Gasteiger partial charge in [0.2, 0.25) is 0 Å². The first-order chi connectivity index (χ1) is 41.8. The van der Waals surface area contributed by atoms with Gasteiger partial charge in [0, 0.05) is 65.5 Å². The molecule has 0 radical (unpaired) electrons. The molecule has 2 aliphatic heterocycles. The number of hydrogen-bond acceptors (Lipinski definition) is 20. The van der Waals surface area contributed by atoms with Gasteiger partial charge in [-0.3, -0.25) is 5.10 Å². The Labute approximate surface area is 528 Å². The predicted molar refractivity (Wildman–Crippen MR) is 358 cm³/mol. The number of ether oxygens (including phenoxy) is 2. The van der Waals surface area contributed by atoms with Crippen molar-refractivity contribution in [1.29, 1.82) is 0 Å². The Bertz CT molecular complexity index is 3700. The maximum absolute atomic E-state index is 10.4. The second-order valence-corrected chi connectivity index (χ2v) is 29.5. The summed E-state index contributed by atoms with van der Waals surface area (Å²) in [6, 6.07) is 18.6. The molecule has 24 heteroatoms. The van der Waals surface area contributed by atoms with Crippen LogP contribution < -0.4 is 32.7 Å². The third-order valence-electron chi connectivity index (χ3n) is 16.1. The highest BCUT2D eigenvalue weighted by Crippen LogP contribution is 2.43.